The van der Waals surface area contributed by atoms with E-state index in [-0.39, 0.29) is 48.5 Å². The molecule has 0 aliphatic heterocycles. The number of hydrogen-bond acceptors (Lipinski definition) is 4. The van der Waals surface area contributed by atoms with Crippen molar-refractivity contribution >= 4 is 17.5 Å². The minimum absolute atomic E-state index is 0.100. The maximum atomic E-state index is 14.1. The predicted octanol–water partition coefficient (Wildman–Crippen LogP) is 6.62. The highest BCUT2D eigenvalue weighted by atomic mass is 19.3. The summed E-state index contributed by atoms with van der Waals surface area (Å²) in [7, 11) is 0. The van der Waals surface area contributed by atoms with Gasteiger partial charge in [-0.1, -0.05) is 55.8 Å². The van der Waals surface area contributed by atoms with Crippen molar-refractivity contribution in [2.24, 2.45) is 17.3 Å². The van der Waals surface area contributed by atoms with E-state index in [0.29, 0.717) is 57.8 Å². The van der Waals surface area contributed by atoms with Crippen LogP contribution in [0.2, 0.25) is 0 Å². The number of allylic oxidation sites excluding steroid dienone is 2. The van der Waals surface area contributed by atoms with Crippen molar-refractivity contribution in [2.45, 2.75) is 90.1 Å². The van der Waals surface area contributed by atoms with Gasteiger partial charge in [-0.05, 0) is 55.4 Å². The summed E-state index contributed by atoms with van der Waals surface area (Å²) in [6.45, 7) is 2.10. The van der Waals surface area contributed by atoms with E-state index in [0.717, 1.165) is 5.56 Å². The molecule has 6 heteroatoms. The Bertz CT molecular complexity index is 880. The molecule has 1 aromatic rings. The Morgan fingerprint density at radius 3 is 2.68 bits per heavy atom. The Hall–Kier alpha value is -2.37. The van der Waals surface area contributed by atoms with Gasteiger partial charge in [0, 0.05) is 31.6 Å². The van der Waals surface area contributed by atoms with Gasteiger partial charge in [0.1, 0.15) is 12.4 Å². The van der Waals surface area contributed by atoms with Crippen LogP contribution in [0.25, 0.3) is 0 Å². The summed E-state index contributed by atoms with van der Waals surface area (Å²) in [5, 5.41) is 0. The molecule has 2 aliphatic rings. The van der Waals surface area contributed by atoms with Crippen LogP contribution in [0.3, 0.4) is 0 Å². The first-order valence-electron chi connectivity index (χ1n) is 12.6. The molecule has 0 radical (unpaired) electrons. The Kier molecular flexibility index (Phi) is 9.15. The molecule has 1 aromatic carbocycles. The highest BCUT2D eigenvalue weighted by molar-refractivity contribution is 5.88. The minimum Gasteiger partial charge on any atom is -0.461 e. The lowest BCUT2D eigenvalue weighted by Gasteiger charge is -2.19. The van der Waals surface area contributed by atoms with Crippen molar-refractivity contribution in [3.63, 3.8) is 0 Å². The van der Waals surface area contributed by atoms with Crippen molar-refractivity contribution in [1.29, 1.82) is 0 Å². The first kappa shape index (κ1) is 26.2. The van der Waals surface area contributed by atoms with Gasteiger partial charge in [-0.3, -0.25) is 14.4 Å². The lowest BCUT2D eigenvalue weighted by molar-refractivity contribution is -0.145. The largest absolute Gasteiger partial charge is 0.461 e. The number of carbonyl (C=O) groups excluding carboxylic acids is 3. The van der Waals surface area contributed by atoms with Crippen LogP contribution in [0.4, 0.5) is 8.78 Å². The van der Waals surface area contributed by atoms with E-state index in [1.54, 1.807) is 0 Å². The van der Waals surface area contributed by atoms with Crippen LogP contribution in [0, 0.1) is 17.3 Å². The smallest absolute Gasteiger partial charge is 0.306 e. The number of rotatable bonds is 14. The van der Waals surface area contributed by atoms with Gasteiger partial charge >= 0.3 is 11.9 Å². The number of halogens is 2. The molecule has 0 heterocycles. The van der Waals surface area contributed by atoms with E-state index >= 15 is 0 Å². The van der Waals surface area contributed by atoms with Gasteiger partial charge in [0.15, 0.2) is 0 Å². The third-order valence-electron chi connectivity index (χ3n) is 7.42. The molecule has 0 unspecified atom stereocenters. The number of alkyl halides is 2. The average Bonchev–Trinajstić information content (AvgIpc) is 3.42. The molecule has 34 heavy (non-hydrogen) atoms. The Morgan fingerprint density at radius 2 is 1.94 bits per heavy atom. The van der Waals surface area contributed by atoms with E-state index in [2.05, 4.69) is 0 Å². The standard InChI is InChI=1S/C28H36F2O4/c1-2-3-16-28(29,30)25(32)18-22-19-27(22)17-15-24(31)23(27)13-9-4-5-10-14-26(33)34-20-21-11-7-6-8-12-21/h4,6-9,11-12,22-23H,2-3,5,10,13-20H2,1H3/b9-4-/t22-,23-,27+/m0/s1. The number of unbranched alkanes of at least 4 members (excludes halogenated alkanes) is 2. The van der Waals surface area contributed by atoms with Crippen molar-refractivity contribution < 1.29 is 27.9 Å². The quantitative estimate of drug-likeness (QED) is 0.173. The molecule has 0 saturated heterocycles. The van der Waals surface area contributed by atoms with Gasteiger partial charge < -0.3 is 4.74 Å². The first-order chi connectivity index (χ1) is 16.3. The van der Waals surface area contributed by atoms with E-state index in [1.807, 2.05) is 49.4 Å². The summed E-state index contributed by atoms with van der Waals surface area (Å²) in [5.74, 6) is -4.54. The molecular formula is C28H36F2O4. The fraction of sp³-hybridized carbons (Fsp3) is 0.607. The lowest BCUT2D eigenvalue weighted by atomic mass is 9.85. The molecule has 4 nitrogen and oxygen atoms in total. The normalized spacial score (nSPS) is 24.1. The number of Topliss-reactive ketones (excluding diaryl/α,β-unsaturated/α-hetero) is 2. The third-order valence-corrected chi connectivity index (χ3v) is 7.42. The van der Waals surface area contributed by atoms with Crippen molar-refractivity contribution in [3.8, 4) is 0 Å². The molecule has 0 aromatic heterocycles. The number of hydrogen-bond donors (Lipinski definition) is 0. The van der Waals surface area contributed by atoms with Crippen LogP contribution in [-0.4, -0.2) is 23.5 Å². The molecule has 0 amide bonds. The molecule has 2 saturated carbocycles. The Labute approximate surface area is 201 Å². The van der Waals surface area contributed by atoms with Gasteiger partial charge in [0.25, 0.3) is 0 Å². The van der Waals surface area contributed by atoms with E-state index in [9.17, 15) is 23.2 Å². The van der Waals surface area contributed by atoms with E-state index < -0.39 is 11.7 Å². The maximum Gasteiger partial charge on any atom is 0.306 e. The van der Waals surface area contributed by atoms with Gasteiger partial charge in [0.05, 0.1) is 0 Å². The van der Waals surface area contributed by atoms with Crippen LogP contribution >= 0.6 is 0 Å². The monoisotopic (exact) mass is 474 g/mol. The summed E-state index contributed by atoms with van der Waals surface area (Å²) in [6, 6.07) is 9.53. The van der Waals surface area contributed by atoms with Gasteiger partial charge in [-0.25, -0.2) is 0 Å². The first-order valence-corrected chi connectivity index (χ1v) is 12.6. The predicted molar refractivity (Wildman–Crippen MR) is 126 cm³/mol. The SMILES string of the molecule is CCCCC(F)(F)C(=O)C[C@H]1C[C@]12CCC(=O)[C@@H]2C/C=C\CCCC(=O)OCc1ccccc1. The fourth-order valence-corrected chi connectivity index (χ4v) is 5.24. The second-order valence-corrected chi connectivity index (χ2v) is 9.83. The number of carbonyl (C=O) groups is 3. The van der Waals surface area contributed by atoms with Crippen molar-refractivity contribution in [1.82, 2.24) is 0 Å². The molecule has 3 atom stereocenters. The zero-order valence-electron chi connectivity index (χ0n) is 20.1. The van der Waals surface area contributed by atoms with Crippen LogP contribution in [0.5, 0.6) is 0 Å². The summed E-state index contributed by atoms with van der Waals surface area (Å²) in [4.78, 5) is 36.5. The molecule has 0 N–H and O–H groups in total. The van der Waals surface area contributed by atoms with E-state index in [1.165, 1.54) is 0 Å². The van der Waals surface area contributed by atoms with Gasteiger partial charge in [-0.15, -0.1) is 0 Å². The Morgan fingerprint density at radius 1 is 1.18 bits per heavy atom. The minimum atomic E-state index is -3.25. The fourth-order valence-electron chi connectivity index (χ4n) is 5.24. The number of ether oxygens (including phenoxy) is 1. The highest BCUT2D eigenvalue weighted by Gasteiger charge is 2.63. The van der Waals surface area contributed by atoms with Gasteiger partial charge in [0.2, 0.25) is 5.78 Å². The zero-order valence-corrected chi connectivity index (χ0v) is 20.1. The number of ketones is 2. The summed E-state index contributed by atoms with van der Waals surface area (Å²) >= 11 is 0. The summed E-state index contributed by atoms with van der Waals surface area (Å²) in [5.41, 5.74) is 0.690. The topological polar surface area (TPSA) is 60.4 Å². The number of esters is 1. The second-order valence-electron chi connectivity index (χ2n) is 9.83. The van der Waals surface area contributed by atoms with Crippen LogP contribution in [0.15, 0.2) is 42.5 Å². The van der Waals surface area contributed by atoms with Crippen molar-refractivity contribution in [2.75, 3.05) is 0 Å². The zero-order chi connectivity index (χ0) is 24.6. The Balaban J connectivity index is 1.38. The maximum absolute atomic E-state index is 14.1. The van der Waals surface area contributed by atoms with E-state index in [4.69, 9.17) is 4.74 Å². The van der Waals surface area contributed by atoms with Crippen LogP contribution < -0.4 is 0 Å². The molecular weight excluding hydrogens is 438 g/mol. The van der Waals surface area contributed by atoms with Gasteiger partial charge in [-0.2, -0.15) is 8.78 Å². The molecule has 3 rings (SSSR count). The molecule has 0 bridgehead atoms. The number of benzene rings is 1. The molecule has 2 fully saturated rings. The van der Waals surface area contributed by atoms with Crippen LogP contribution in [0.1, 0.15) is 83.1 Å². The summed E-state index contributed by atoms with van der Waals surface area (Å²) < 4.78 is 33.5. The molecule has 186 valence electrons. The highest BCUT2D eigenvalue weighted by Crippen LogP contribution is 2.67. The lowest BCUT2D eigenvalue weighted by Crippen LogP contribution is -2.29. The second kappa shape index (κ2) is 11.9. The third kappa shape index (κ3) is 6.83. The van der Waals surface area contributed by atoms with Crippen molar-refractivity contribution in [3.05, 3.63) is 48.0 Å². The molecule has 2 aliphatic carbocycles. The molecule has 1 spiro atoms. The van der Waals surface area contributed by atoms with Crippen LogP contribution in [-0.2, 0) is 25.7 Å². The summed E-state index contributed by atoms with van der Waals surface area (Å²) in [6.07, 6.45) is 8.58. The average molecular weight is 475 g/mol.